The van der Waals surface area contributed by atoms with Gasteiger partial charge in [-0.2, -0.15) is 11.8 Å². The summed E-state index contributed by atoms with van der Waals surface area (Å²) in [6.07, 6.45) is 1.95. The van der Waals surface area contributed by atoms with Gasteiger partial charge in [-0.05, 0) is 30.5 Å². The third-order valence-electron chi connectivity index (χ3n) is 2.61. The van der Waals surface area contributed by atoms with Crippen LogP contribution in [0, 0.1) is 13.8 Å². The van der Waals surface area contributed by atoms with Crippen LogP contribution in [0.1, 0.15) is 16.7 Å². The van der Waals surface area contributed by atoms with E-state index < -0.39 is 0 Å². The first kappa shape index (κ1) is 13.3. The molecule has 16 heavy (non-hydrogen) atoms. The molecule has 0 amide bonds. The fourth-order valence-corrected chi connectivity index (χ4v) is 2.27. The molecule has 0 heterocycles. The van der Waals surface area contributed by atoms with Crippen LogP contribution in [0.4, 0.5) is 0 Å². The van der Waals surface area contributed by atoms with Crippen molar-refractivity contribution in [3.8, 4) is 0 Å². The fraction of sp³-hybridized carbons (Fsp3) is 0.429. The molecule has 0 spiro atoms. The van der Waals surface area contributed by atoms with Gasteiger partial charge in [0, 0.05) is 24.6 Å². The van der Waals surface area contributed by atoms with Crippen LogP contribution in [0.2, 0.25) is 0 Å². The van der Waals surface area contributed by atoms with E-state index in [1.54, 1.807) is 0 Å². The van der Waals surface area contributed by atoms with Crippen LogP contribution in [0.15, 0.2) is 30.9 Å². The molecule has 1 rings (SSSR count). The Labute approximate surface area is 103 Å². The summed E-state index contributed by atoms with van der Waals surface area (Å²) in [7, 11) is 0. The standard InChI is InChI=1S/C14H21NS/c1-4-9-16-10-8-15-11-14-12(2)6-5-7-13(14)3/h4-7,15H,1,8-11H2,2-3H3. The molecule has 1 nitrogen and oxygen atoms in total. The zero-order valence-corrected chi connectivity index (χ0v) is 11.1. The van der Waals surface area contributed by atoms with E-state index in [0.717, 1.165) is 24.6 Å². The van der Waals surface area contributed by atoms with Gasteiger partial charge >= 0.3 is 0 Å². The molecule has 1 aromatic carbocycles. The molecule has 0 aliphatic heterocycles. The number of hydrogen-bond acceptors (Lipinski definition) is 2. The predicted molar refractivity (Wildman–Crippen MR) is 75.1 cm³/mol. The van der Waals surface area contributed by atoms with Gasteiger partial charge in [0.25, 0.3) is 0 Å². The van der Waals surface area contributed by atoms with E-state index in [4.69, 9.17) is 0 Å². The van der Waals surface area contributed by atoms with Crippen LogP contribution in [-0.4, -0.2) is 18.1 Å². The lowest BCUT2D eigenvalue weighted by Gasteiger charge is -2.10. The Morgan fingerprint density at radius 1 is 1.31 bits per heavy atom. The van der Waals surface area contributed by atoms with Crippen LogP contribution < -0.4 is 5.32 Å². The Bertz CT molecular complexity index is 313. The number of benzene rings is 1. The van der Waals surface area contributed by atoms with E-state index in [0.29, 0.717) is 0 Å². The molecule has 0 saturated carbocycles. The zero-order chi connectivity index (χ0) is 11.8. The molecule has 2 heteroatoms. The molecular weight excluding hydrogens is 214 g/mol. The predicted octanol–water partition coefficient (Wildman–Crippen LogP) is 3.31. The largest absolute Gasteiger partial charge is 0.312 e. The van der Waals surface area contributed by atoms with Crippen molar-refractivity contribution in [2.45, 2.75) is 20.4 Å². The monoisotopic (exact) mass is 235 g/mol. The summed E-state index contributed by atoms with van der Waals surface area (Å²) in [5.41, 5.74) is 4.20. The van der Waals surface area contributed by atoms with E-state index >= 15 is 0 Å². The molecule has 88 valence electrons. The Morgan fingerprint density at radius 2 is 2.00 bits per heavy atom. The first-order valence-electron chi connectivity index (χ1n) is 5.70. The van der Waals surface area contributed by atoms with Crippen molar-refractivity contribution in [1.29, 1.82) is 0 Å². The third kappa shape index (κ3) is 4.42. The molecule has 0 aliphatic rings. The van der Waals surface area contributed by atoms with Crippen molar-refractivity contribution in [3.05, 3.63) is 47.5 Å². The Balaban J connectivity index is 2.29. The van der Waals surface area contributed by atoms with Gasteiger partial charge in [0.1, 0.15) is 0 Å². The normalized spacial score (nSPS) is 10.4. The molecule has 0 bridgehead atoms. The lowest BCUT2D eigenvalue weighted by molar-refractivity contribution is 0.725. The minimum absolute atomic E-state index is 0.979. The molecular formula is C14H21NS. The maximum atomic E-state index is 3.71. The van der Waals surface area contributed by atoms with Crippen LogP contribution >= 0.6 is 11.8 Å². The van der Waals surface area contributed by atoms with Crippen molar-refractivity contribution in [2.24, 2.45) is 0 Å². The maximum Gasteiger partial charge on any atom is 0.0211 e. The second kappa shape index (κ2) is 7.53. The molecule has 1 N–H and O–H groups in total. The summed E-state index contributed by atoms with van der Waals surface area (Å²) in [5.74, 6) is 2.20. The lowest BCUT2D eigenvalue weighted by Crippen LogP contribution is -2.18. The van der Waals surface area contributed by atoms with Gasteiger partial charge in [-0.25, -0.2) is 0 Å². The quantitative estimate of drug-likeness (QED) is 0.575. The van der Waals surface area contributed by atoms with Crippen molar-refractivity contribution in [2.75, 3.05) is 18.1 Å². The Kier molecular flexibility index (Phi) is 6.27. The highest BCUT2D eigenvalue weighted by Gasteiger charge is 2.00. The second-order valence-corrected chi connectivity index (χ2v) is 5.06. The van der Waals surface area contributed by atoms with E-state index in [2.05, 4.69) is 43.9 Å². The minimum atomic E-state index is 0.979. The molecule has 0 saturated heterocycles. The zero-order valence-electron chi connectivity index (χ0n) is 10.3. The number of nitrogens with one attached hydrogen (secondary N) is 1. The number of hydrogen-bond donors (Lipinski definition) is 1. The van der Waals surface area contributed by atoms with Crippen molar-refractivity contribution in [1.82, 2.24) is 5.32 Å². The molecule has 0 unspecified atom stereocenters. The second-order valence-electron chi connectivity index (χ2n) is 3.91. The van der Waals surface area contributed by atoms with Gasteiger partial charge in [0.15, 0.2) is 0 Å². The van der Waals surface area contributed by atoms with E-state index in [1.807, 2.05) is 17.8 Å². The lowest BCUT2D eigenvalue weighted by atomic mass is 10.0. The number of aryl methyl sites for hydroxylation is 2. The van der Waals surface area contributed by atoms with Crippen LogP contribution in [-0.2, 0) is 6.54 Å². The van der Waals surface area contributed by atoms with Gasteiger partial charge in [0.2, 0.25) is 0 Å². The summed E-state index contributed by atoms with van der Waals surface area (Å²) in [6.45, 7) is 10.1. The molecule has 0 radical (unpaired) electrons. The highest BCUT2D eigenvalue weighted by Crippen LogP contribution is 2.12. The first-order chi connectivity index (χ1) is 7.75. The Hall–Kier alpha value is -0.730. The van der Waals surface area contributed by atoms with Gasteiger partial charge in [-0.1, -0.05) is 24.3 Å². The average molecular weight is 235 g/mol. The topological polar surface area (TPSA) is 12.0 Å². The van der Waals surface area contributed by atoms with E-state index in [9.17, 15) is 0 Å². The van der Waals surface area contributed by atoms with Gasteiger partial charge in [0.05, 0.1) is 0 Å². The first-order valence-corrected chi connectivity index (χ1v) is 6.85. The highest BCUT2D eigenvalue weighted by atomic mass is 32.2. The van der Waals surface area contributed by atoms with Crippen molar-refractivity contribution < 1.29 is 0 Å². The van der Waals surface area contributed by atoms with Crippen LogP contribution in [0.3, 0.4) is 0 Å². The van der Waals surface area contributed by atoms with Gasteiger partial charge in [-0.15, -0.1) is 6.58 Å². The number of rotatable bonds is 7. The molecule has 0 fully saturated rings. The van der Waals surface area contributed by atoms with E-state index in [-0.39, 0.29) is 0 Å². The molecule has 1 aromatic rings. The third-order valence-corrected chi connectivity index (χ3v) is 3.57. The Morgan fingerprint density at radius 3 is 2.62 bits per heavy atom. The van der Waals surface area contributed by atoms with Gasteiger partial charge in [-0.3, -0.25) is 0 Å². The summed E-state index contributed by atoms with van der Waals surface area (Å²) in [4.78, 5) is 0. The van der Waals surface area contributed by atoms with Crippen LogP contribution in [0.25, 0.3) is 0 Å². The summed E-state index contributed by atoms with van der Waals surface area (Å²) < 4.78 is 0. The molecule has 0 aromatic heterocycles. The van der Waals surface area contributed by atoms with Crippen molar-refractivity contribution >= 4 is 11.8 Å². The van der Waals surface area contributed by atoms with Crippen LogP contribution in [0.5, 0.6) is 0 Å². The number of thioether (sulfide) groups is 1. The summed E-state index contributed by atoms with van der Waals surface area (Å²) in [6, 6.07) is 6.47. The minimum Gasteiger partial charge on any atom is -0.312 e. The van der Waals surface area contributed by atoms with Gasteiger partial charge < -0.3 is 5.32 Å². The smallest absolute Gasteiger partial charge is 0.0211 e. The average Bonchev–Trinajstić information content (AvgIpc) is 2.26. The summed E-state index contributed by atoms with van der Waals surface area (Å²) in [5, 5.41) is 3.49. The van der Waals surface area contributed by atoms with E-state index in [1.165, 1.54) is 16.7 Å². The molecule has 0 aliphatic carbocycles. The highest BCUT2D eigenvalue weighted by molar-refractivity contribution is 7.99. The summed E-state index contributed by atoms with van der Waals surface area (Å²) >= 11 is 1.92. The molecule has 0 atom stereocenters. The fourth-order valence-electron chi connectivity index (χ4n) is 1.65. The van der Waals surface area contributed by atoms with Crippen molar-refractivity contribution in [3.63, 3.8) is 0 Å². The maximum absolute atomic E-state index is 3.71. The SMILES string of the molecule is C=CCSCCNCc1c(C)cccc1C.